The van der Waals surface area contributed by atoms with Gasteiger partial charge in [0.05, 0.1) is 12.1 Å². The second-order valence-corrected chi connectivity index (χ2v) is 6.45. The average molecular weight is 285 g/mol. The van der Waals surface area contributed by atoms with Crippen LogP contribution in [-0.4, -0.2) is 41.6 Å². The third-order valence-corrected chi connectivity index (χ3v) is 5.21. The molecule has 2 rings (SSSR count). The van der Waals surface area contributed by atoms with E-state index < -0.39 is 0 Å². The summed E-state index contributed by atoms with van der Waals surface area (Å²) in [4.78, 5) is 22.5. The molecule has 108 valence electrons. The highest BCUT2D eigenvalue weighted by molar-refractivity contribution is 8.00. The largest absolute Gasteiger partial charge is 0.356 e. The lowest BCUT2D eigenvalue weighted by Crippen LogP contribution is -2.36. The zero-order valence-electron chi connectivity index (χ0n) is 11.4. The number of hydrogen-bond donors (Lipinski definition) is 3. The van der Waals surface area contributed by atoms with E-state index in [9.17, 15) is 9.59 Å². The molecule has 0 aromatic heterocycles. The molecule has 3 N–H and O–H groups in total. The molecule has 2 saturated heterocycles. The van der Waals surface area contributed by atoms with Crippen LogP contribution in [-0.2, 0) is 4.79 Å². The molecule has 0 saturated carbocycles. The van der Waals surface area contributed by atoms with E-state index in [-0.39, 0.29) is 11.9 Å². The van der Waals surface area contributed by atoms with Gasteiger partial charge in [0.15, 0.2) is 0 Å². The van der Waals surface area contributed by atoms with Gasteiger partial charge in [0.2, 0.25) is 5.91 Å². The van der Waals surface area contributed by atoms with Gasteiger partial charge in [-0.25, -0.2) is 4.79 Å². The second-order valence-electron chi connectivity index (χ2n) is 5.17. The van der Waals surface area contributed by atoms with Crippen LogP contribution in [0.4, 0.5) is 4.79 Å². The highest BCUT2D eigenvalue weighted by Crippen LogP contribution is 2.33. The number of carbonyl (C=O) groups is 2. The molecule has 6 heteroatoms. The van der Waals surface area contributed by atoms with E-state index >= 15 is 0 Å². The Morgan fingerprint density at radius 2 is 2.21 bits per heavy atom. The predicted molar refractivity (Wildman–Crippen MR) is 77.3 cm³/mol. The second kappa shape index (κ2) is 7.03. The van der Waals surface area contributed by atoms with Gasteiger partial charge in [0.25, 0.3) is 0 Å². The van der Waals surface area contributed by atoms with Gasteiger partial charge in [-0.3, -0.25) is 4.79 Å². The highest BCUT2D eigenvalue weighted by Gasteiger charge is 2.42. The SMILES string of the molecule is CCNC(=O)CCCCCC1SC[C@@H]2NC(=O)N[C@H]12. The lowest BCUT2D eigenvalue weighted by atomic mass is 10.0. The number of amides is 3. The Hall–Kier alpha value is -0.910. The minimum atomic E-state index is -0.0171. The Balaban J connectivity index is 1.56. The fourth-order valence-electron chi connectivity index (χ4n) is 2.74. The van der Waals surface area contributed by atoms with Gasteiger partial charge in [-0.2, -0.15) is 11.8 Å². The minimum absolute atomic E-state index is 0.0171. The van der Waals surface area contributed by atoms with Crippen molar-refractivity contribution in [2.24, 2.45) is 0 Å². The first-order valence-corrected chi connectivity index (χ1v) is 8.21. The van der Waals surface area contributed by atoms with Crippen LogP contribution in [0.2, 0.25) is 0 Å². The van der Waals surface area contributed by atoms with Crippen molar-refractivity contribution in [3.05, 3.63) is 0 Å². The third-order valence-electron chi connectivity index (χ3n) is 3.70. The summed E-state index contributed by atoms with van der Waals surface area (Å²) in [5.41, 5.74) is 0. The molecule has 0 aromatic carbocycles. The highest BCUT2D eigenvalue weighted by atomic mass is 32.2. The molecule has 0 spiro atoms. The van der Waals surface area contributed by atoms with Crippen molar-refractivity contribution in [3.8, 4) is 0 Å². The van der Waals surface area contributed by atoms with Gasteiger partial charge in [-0.1, -0.05) is 12.8 Å². The molecule has 3 amide bonds. The number of unbranched alkanes of at least 4 members (excludes halogenated alkanes) is 2. The van der Waals surface area contributed by atoms with Crippen molar-refractivity contribution in [1.29, 1.82) is 0 Å². The Kier molecular flexibility index (Phi) is 5.36. The molecule has 2 aliphatic heterocycles. The quantitative estimate of drug-likeness (QED) is 0.487. The summed E-state index contributed by atoms with van der Waals surface area (Å²) in [5, 5.41) is 9.31. The Morgan fingerprint density at radius 3 is 3.00 bits per heavy atom. The standard InChI is InChI=1S/C13H23N3O2S/c1-2-14-11(17)7-5-3-4-6-10-12-9(8-19-10)15-13(18)16-12/h9-10,12H,2-8H2,1H3,(H,14,17)(H2,15,16,18)/t9-,10?,12-/m0/s1. The van der Waals surface area contributed by atoms with E-state index in [1.54, 1.807) is 0 Å². The van der Waals surface area contributed by atoms with E-state index in [0.717, 1.165) is 31.4 Å². The van der Waals surface area contributed by atoms with Crippen LogP contribution in [0.3, 0.4) is 0 Å². The summed E-state index contributed by atoms with van der Waals surface area (Å²) >= 11 is 1.95. The molecule has 3 atom stereocenters. The number of rotatable bonds is 7. The summed E-state index contributed by atoms with van der Waals surface area (Å²) < 4.78 is 0. The summed E-state index contributed by atoms with van der Waals surface area (Å²) in [6.45, 7) is 2.66. The maximum Gasteiger partial charge on any atom is 0.315 e. The van der Waals surface area contributed by atoms with E-state index in [1.807, 2.05) is 18.7 Å². The molecule has 1 unspecified atom stereocenters. The lowest BCUT2D eigenvalue weighted by molar-refractivity contribution is -0.121. The molecular weight excluding hydrogens is 262 g/mol. The molecule has 0 radical (unpaired) electrons. The van der Waals surface area contributed by atoms with E-state index in [0.29, 0.717) is 30.3 Å². The topological polar surface area (TPSA) is 70.2 Å². The first-order chi connectivity index (χ1) is 9.20. The first kappa shape index (κ1) is 14.5. The zero-order chi connectivity index (χ0) is 13.7. The number of nitrogens with one attached hydrogen (secondary N) is 3. The van der Waals surface area contributed by atoms with Crippen LogP contribution in [0.25, 0.3) is 0 Å². The van der Waals surface area contributed by atoms with Gasteiger partial charge < -0.3 is 16.0 Å². The maximum atomic E-state index is 11.3. The number of thioether (sulfide) groups is 1. The number of urea groups is 1. The Labute approximate surface area is 118 Å². The van der Waals surface area contributed by atoms with Gasteiger partial charge in [-0.15, -0.1) is 0 Å². The van der Waals surface area contributed by atoms with Crippen LogP contribution >= 0.6 is 11.8 Å². The Bertz CT molecular complexity index is 338. The van der Waals surface area contributed by atoms with Crippen LogP contribution in [0.1, 0.15) is 39.0 Å². The predicted octanol–water partition coefficient (Wildman–Crippen LogP) is 1.24. The summed E-state index contributed by atoms with van der Waals surface area (Å²) in [7, 11) is 0. The first-order valence-electron chi connectivity index (χ1n) is 7.16. The molecular formula is C13H23N3O2S. The molecule has 19 heavy (non-hydrogen) atoms. The van der Waals surface area contributed by atoms with Crippen LogP contribution in [0.15, 0.2) is 0 Å². The number of carbonyl (C=O) groups excluding carboxylic acids is 2. The number of hydrogen-bond acceptors (Lipinski definition) is 3. The minimum Gasteiger partial charge on any atom is -0.356 e. The van der Waals surface area contributed by atoms with Crippen molar-refractivity contribution in [2.45, 2.75) is 56.4 Å². The molecule has 2 aliphatic rings. The van der Waals surface area contributed by atoms with Gasteiger partial charge in [0.1, 0.15) is 0 Å². The van der Waals surface area contributed by atoms with Crippen molar-refractivity contribution in [3.63, 3.8) is 0 Å². The van der Waals surface area contributed by atoms with Crippen LogP contribution in [0, 0.1) is 0 Å². The van der Waals surface area contributed by atoms with Gasteiger partial charge in [-0.05, 0) is 19.8 Å². The summed E-state index contributed by atoms with van der Waals surface area (Å²) in [6, 6.07) is 0.607. The monoisotopic (exact) mass is 285 g/mol. The lowest BCUT2D eigenvalue weighted by Gasteiger charge is -2.16. The maximum absolute atomic E-state index is 11.3. The fourth-order valence-corrected chi connectivity index (χ4v) is 4.28. The van der Waals surface area contributed by atoms with Crippen molar-refractivity contribution in [2.75, 3.05) is 12.3 Å². The van der Waals surface area contributed by atoms with E-state index in [2.05, 4.69) is 16.0 Å². The smallest absolute Gasteiger partial charge is 0.315 e. The summed E-state index contributed by atoms with van der Waals surface area (Å²) in [5.74, 6) is 1.18. The average Bonchev–Trinajstić information content (AvgIpc) is 2.89. The molecule has 0 bridgehead atoms. The summed E-state index contributed by atoms with van der Waals surface area (Å²) in [6.07, 6.45) is 4.95. The van der Waals surface area contributed by atoms with Gasteiger partial charge in [0, 0.05) is 24.0 Å². The van der Waals surface area contributed by atoms with Gasteiger partial charge >= 0.3 is 6.03 Å². The van der Waals surface area contributed by atoms with E-state index in [4.69, 9.17) is 0 Å². The molecule has 2 heterocycles. The third kappa shape index (κ3) is 4.03. The molecule has 0 aliphatic carbocycles. The Morgan fingerprint density at radius 1 is 1.37 bits per heavy atom. The van der Waals surface area contributed by atoms with E-state index in [1.165, 1.54) is 0 Å². The molecule has 5 nitrogen and oxygen atoms in total. The normalized spacial score (nSPS) is 28.7. The molecule has 0 aromatic rings. The van der Waals surface area contributed by atoms with Crippen molar-refractivity contribution >= 4 is 23.7 Å². The number of fused-ring (bicyclic) bond motifs is 1. The van der Waals surface area contributed by atoms with Crippen molar-refractivity contribution in [1.82, 2.24) is 16.0 Å². The van der Waals surface area contributed by atoms with Crippen LogP contribution in [0.5, 0.6) is 0 Å². The zero-order valence-corrected chi connectivity index (χ0v) is 12.2. The van der Waals surface area contributed by atoms with Crippen LogP contribution < -0.4 is 16.0 Å². The van der Waals surface area contributed by atoms with Crippen molar-refractivity contribution < 1.29 is 9.59 Å². The fraction of sp³-hybridized carbons (Fsp3) is 0.846. The molecule has 2 fully saturated rings.